The summed E-state index contributed by atoms with van der Waals surface area (Å²) < 4.78 is 10.2. The normalized spacial score (nSPS) is 15.6. The molecule has 8 nitrogen and oxygen atoms in total. The number of nitrogens with zero attached hydrogens (tertiary/aromatic N) is 2. The predicted molar refractivity (Wildman–Crippen MR) is 106 cm³/mol. The third-order valence-corrected chi connectivity index (χ3v) is 5.00. The van der Waals surface area contributed by atoms with E-state index in [9.17, 15) is 14.4 Å². The number of piperidine rings is 1. The van der Waals surface area contributed by atoms with E-state index in [-0.39, 0.29) is 17.6 Å². The van der Waals surface area contributed by atoms with Gasteiger partial charge in [0, 0.05) is 29.7 Å². The number of ether oxygens (including phenoxy) is 1. The van der Waals surface area contributed by atoms with Gasteiger partial charge >= 0.3 is 5.97 Å². The molecular formula is C20H22ClN3O5. The molecule has 2 aromatic rings. The van der Waals surface area contributed by atoms with Crippen molar-refractivity contribution in [1.29, 1.82) is 0 Å². The molecule has 1 atom stereocenters. The summed E-state index contributed by atoms with van der Waals surface area (Å²) in [6, 6.07) is 8.28. The first-order valence-corrected chi connectivity index (χ1v) is 9.71. The van der Waals surface area contributed by atoms with E-state index in [2.05, 4.69) is 10.5 Å². The molecule has 2 amide bonds. The van der Waals surface area contributed by atoms with E-state index in [1.807, 2.05) is 0 Å². The Morgan fingerprint density at radius 1 is 1.24 bits per heavy atom. The highest BCUT2D eigenvalue weighted by molar-refractivity contribution is 6.30. The SMILES string of the molecule is Cc1cc(NC(=O)[C@@H](C)OC(=O)C2CCN(C(=O)c3ccc(Cl)cc3)CC2)no1. The number of esters is 1. The first-order chi connectivity index (χ1) is 13.8. The topological polar surface area (TPSA) is 102 Å². The molecule has 2 heterocycles. The quantitative estimate of drug-likeness (QED) is 0.747. The van der Waals surface area contributed by atoms with Crippen LogP contribution in [0.15, 0.2) is 34.9 Å². The maximum Gasteiger partial charge on any atom is 0.309 e. The zero-order valence-electron chi connectivity index (χ0n) is 16.2. The molecule has 1 aliphatic rings. The number of likely N-dealkylation sites (tertiary alicyclic amines) is 1. The van der Waals surface area contributed by atoms with Crippen LogP contribution in [0.1, 0.15) is 35.9 Å². The number of nitrogens with one attached hydrogen (secondary N) is 1. The molecule has 0 spiro atoms. The Hall–Kier alpha value is -2.87. The maximum absolute atomic E-state index is 12.5. The fourth-order valence-electron chi connectivity index (χ4n) is 3.07. The fourth-order valence-corrected chi connectivity index (χ4v) is 3.20. The number of carbonyl (C=O) groups is 3. The van der Waals surface area contributed by atoms with Gasteiger partial charge in [0.05, 0.1) is 5.92 Å². The van der Waals surface area contributed by atoms with E-state index in [1.54, 1.807) is 42.2 Å². The molecule has 9 heteroatoms. The lowest BCUT2D eigenvalue weighted by atomic mass is 9.96. The van der Waals surface area contributed by atoms with Crippen LogP contribution in [0.25, 0.3) is 0 Å². The number of aromatic nitrogens is 1. The van der Waals surface area contributed by atoms with Crippen molar-refractivity contribution in [3.63, 3.8) is 0 Å². The standard InChI is InChI=1S/C20H22ClN3O5/c1-12-11-17(23-29-12)22-18(25)13(2)28-20(27)15-7-9-24(10-8-15)19(26)14-3-5-16(21)6-4-14/h3-6,11,13,15H,7-10H2,1-2H3,(H,22,23,25)/t13-/m1/s1. The molecule has 3 rings (SSSR count). The number of anilines is 1. The number of rotatable bonds is 5. The lowest BCUT2D eigenvalue weighted by Gasteiger charge is -2.31. The summed E-state index contributed by atoms with van der Waals surface area (Å²) in [6.45, 7) is 4.09. The summed E-state index contributed by atoms with van der Waals surface area (Å²) in [4.78, 5) is 38.8. The van der Waals surface area contributed by atoms with E-state index in [0.29, 0.717) is 42.3 Å². The minimum atomic E-state index is -0.965. The van der Waals surface area contributed by atoms with Gasteiger partial charge in [0.2, 0.25) is 0 Å². The second-order valence-electron chi connectivity index (χ2n) is 6.96. The summed E-state index contributed by atoms with van der Waals surface area (Å²) in [6.07, 6.45) is -0.00233. The Balaban J connectivity index is 1.47. The zero-order valence-corrected chi connectivity index (χ0v) is 16.9. The molecular weight excluding hydrogens is 398 g/mol. The van der Waals surface area contributed by atoms with Gasteiger partial charge in [0.15, 0.2) is 11.9 Å². The molecule has 1 N–H and O–H groups in total. The third kappa shape index (κ3) is 5.35. The van der Waals surface area contributed by atoms with Crippen LogP contribution in [-0.4, -0.2) is 47.0 Å². The Bertz CT molecular complexity index is 888. The number of aryl methyl sites for hydroxylation is 1. The first-order valence-electron chi connectivity index (χ1n) is 9.33. The number of amides is 2. The molecule has 1 aromatic heterocycles. The average molecular weight is 420 g/mol. The van der Waals surface area contributed by atoms with Crippen molar-refractivity contribution < 1.29 is 23.6 Å². The second-order valence-corrected chi connectivity index (χ2v) is 7.40. The van der Waals surface area contributed by atoms with Crippen molar-refractivity contribution in [3.05, 3.63) is 46.7 Å². The molecule has 1 aromatic carbocycles. The largest absolute Gasteiger partial charge is 0.452 e. The van der Waals surface area contributed by atoms with Crippen LogP contribution in [0.5, 0.6) is 0 Å². The molecule has 1 saturated heterocycles. The molecule has 154 valence electrons. The fraction of sp³-hybridized carbons (Fsp3) is 0.400. The molecule has 1 fully saturated rings. The Kier molecular flexibility index (Phi) is 6.53. The first kappa shape index (κ1) is 20.9. The van der Waals surface area contributed by atoms with Gasteiger partial charge in [-0.3, -0.25) is 14.4 Å². The Morgan fingerprint density at radius 3 is 2.48 bits per heavy atom. The summed E-state index contributed by atoms with van der Waals surface area (Å²) in [7, 11) is 0. The lowest BCUT2D eigenvalue weighted by Crippen LogP contribution is -2.41. The second kappa shape index (κ2) is 9.09. The van der Waals surface area contributed by atoms with Crippen LogP contribution in [-0.2, 0) is 14.3 Å². The van der Waals surface area contributed by atoms with Crippen LogP contribution >= 0.6 is 11.6 Å². The molecule has 0 unspecified atom stereocenters. The lowest BCUT2D eigenvalue weighted by molar-refractivity contribution is -0.158. The van der Waals surface area contributed by atoms with Crippen LogP contribution in [0.3, 0.4) is 0 Å². The minimum Gasteiger partial charge on any atom is -0.452 e. The van der Waals surface area contributed by atoms with Gasteiger partial charge in [-0.05, 0) is 51.0 Å². The van der Waals surface area contributed by atoms with Crippen molar-refractivity contribution in [3.8, 4) is 0 Å². The highest BCUT2D eigenvalue weighted by Crippen LogP contribution is 2.22. The van der Waals surface area contributed by atoms with Gasteiger partial charge in [-0.1, -0.05) is 16.8 Å². The smallest absolute Gasteiger partial charge is 0.309 e. The highest BCUT2D eigenvalue weighted by Gasteiger charge is 2.31. The molecule has 0 aliphatic carbocycles. The minimum absolute atomic E-state index is 0.0934. The summed E-state index contributed by atoms with van der Waals surface area (Å²) in [5.74, 6) is -0.545. The summed E-state index contributed by atoms with van der Waals surface area (Å²) in [5, 5.41) is 6.77. The van der Waals surface area contributed by atoms with Gasteiger partial charge in [0.25, 0.3) is 11.8 Å². The Morgan fingerprint density at radius 2 is 1.90 bits per heavy atom. The van der Waals surface area contributed by atoms with Gasteiger partial charge in [-0.2, -0.15) is 0 Å². The van der Waals surface area contributed by atoms with Crippen LogP contribution in [0.4, 0.5) is 5.82 Å². The van der Waals surface area contributed by atoms with Crippen molar-refractivity contribution in [2.45, 2.75) is 32.8 Å². The van der Waals surface area contributed by atoms with E-state index < -0.39 is 18.0 Å². The third-order valence-electron chi connectivity index (χ3n) is 4.75. The highest BCUT2D eigenvalue weighted by atomic mass is 35.5. The van der Waals surface area contributed by atoms with Crippen LogP contribution in [0.2, 0.25) is 5.02 Å². The number of benzene rings is 1. The number of hydrogen-bond donors (Lipinski definition) is 1. The van der Waals surface area contributed by atoms with E-state index in [4.69, 9.17) is 20.9 Å². The molecule has 0 saturated carbocycles. The van der Waals surface area contributed by atoms with Gasteiger partial charge < -0.3 is 19.5 Å². The van der Waals surface area contributed by atoms with Crippen LogP contribution < -0.4 is 5.32 Å². The monoisotopic (exact) mass is 419 g/mol. The number of hydrogen-bond acceptors (Lipinski definition) is 6. The summed E-state index contributed by atoms with van der Waals surface area (Å²) in [5.41, 5.74) is 0.559. The number of halogens is 1. The Labute approximate surface area is 173 Å². The van der Waals surface area contributed by atoms with Crippen molar-refractivity contribution in [2.75, 3.05) is 18.4 Å². The molecule has 0 radical (unpaired) electrons. The van der Waals surface area contributed by atoms with Crippen molar-refractivity contribution in [1.82, 2.24) is 10.1 Å². The van der Waals surface area contributed by atoms with Crippen molar-refractivity contribution >= 4 is 35.2 Å². The molecule has 29 heavy (non-hydrogen) atoms. The zero-order chi connectivity index (χ0) is 21.0. The number of carbonyl (C=O) groups excluding carboxylic acids is 3. The predicted octanol–water partition coefficient (Wildman–Crippen LogP) is 3.06. The average Bonchev–Trinajstić information content (AvgIpc) is 3.12. The van der Waals surface area contributed by atoms with Crippen molar-refractivity contribution in [2.24, 2.45) is 5.92 Å². The van der Waals surface area contributed by atoms with Gasteiger partial charge in [0.1, 0.15) is 5.76 Å². The van der Waals surface area contributed by atoms with Gasteiger partial charge in [-0.15, -0.1) is 0 Å². The molecule has 0 bridgehead atoms. The van der Waals surface area contributed by atoms with Gasteiger partial charge in [-0.25, -0.2) is 0 Å². The summed E-state index contributed by atoms with van der Waals surface area (Å²) >= 11 is 5.85. The molecule has 1 aliphatic heterocycles. The van der Waals surface area contributed by atoms with E-state index in [1.165, 1.54) is 6.92 Å². The maximum atomic E-state index is 12.5. The van der Waals surface area contributed by atoms with Crippen LogP contribution in [0, 0.1) is 12.8 Å². The van der Waals surface area contributed by atoms with E-state index >= 15 is 0 Å². The van der Waals surface area contributed by atoms with E-state index in [0.717, 1.165) is 0 Å².